The van der Waals surface area contributed by atoms with E-state index in [-0.39, 0.29) is 57.9 Å². The summed E-state index contributed by atoms with van der Waals surface area (Å²) in [5.74, 6) is -0.0976. The monoisotopic (exact) mass is 623 g/mol. The zero-order valence-corrected chi connectivity index (χ0v) is 24.0. The van der Waals surface area contributed by atoms with Gasteiger partial charge in [-0.15, -0.1) is 0 Å². The van der Waals surface area contributed by atoms with Gasteiger partial charge in [-0.1, -0.05) is 17.7 Å². The van der Waals surface area contributed by atoms with Crippen LogP contribution in [0.25, 0.3) is 0 Å². The van der Waals surface area contributed by atoms with E-state index >= 15 is 0 Å². The summed E-state index contributed by atoms with van der Waals surface area (Å²) in [5.41, 5.74) is -3.79. The quantitative estimate of drug-likeness (QED) is 0.230. The van der Waals surface area contributed by atoms with Crippen molar-refractivity contribution >= 4 is 40.6 Å². The van der Waals surface area contributed by atoms with Crippen LogP contribution in [0.3, 0.4) is 0 Å². The van der Waals surface area contributed by atoms with Gasteiger partial charge >= 0.3 is 11.7 Å². The molecule has 226 valence electrons. The summed E-state index contributed by atoms with van der Waals surface area (Å²) < 4.78 is 83.3. The van der Waals surface area contributed by atoms with Crippen LogP contribution in [0.15, 0.2) is 41.3 Å². The molecule has 1 saturated heterocycles. The maximum Gasteiger partial charge on any atom is 0.446 e. The predicted molar refractivity (Wildman–Crippen MR) is 148 cm³/mol. The van der Waals surface area contributed by atoms with Gasteiger partial charge in [0.1, 0.15) is 6.61 Å². The topological polar surface area (TPSA) is 53.6 Å². The van der Waals surface area contributed by atoms with Gasteiger partial charge in [-0.05, 0) is 93.1 Å². The summed E-state index contributed by atoms with van der Waals surface area (Å²) >= 11 is 5.77. The number of halogens is 7. The van der Waals surface area contributed by atoms with Crippen molar-refractivity contribution in [1.29, 1.82) is 0 Å². The zero-order valence-electron chi connectivity index (χ0n) is 22.4. The number of nitrogens with one attached hydrogen (secondary N) is 2. The highest BCUT2D eigenvalue weighted by molar-refractivity contribution is 8.00. The summed E-state index contributed by atoms with van der Waals surface area (Å²) in [6, 6.07) is 8.76. The molecule has 0 atom stereocenters. The molecule has 0 aromatic heterocycles. The predicted octanol–water partition coefficient (Wildman–Crippen LogP) is 8.12. The van der Waals surface area contributed by atoms with Crippen molar-refractivity contribution < 1.29 is 35.9 Å². The molecule has 5 nitrogen and oxygen atoms in total. The van der Waals surface area contributed by atoms with Crippen LogP contribution < -0.4 is 10.6 Å². The van der Waals surface area contributed by atoms with Crippen LogP contribution in [0.2, 0.25) is 5.02 Å². The van der Waals surface area contributed by atoms with Gasteiger partial charge in [-0.3, -0.25) is 4.79 Å². The number of likely N-dealkylation sites (tertiary alicyclic amines) is 1. The van der Waals surface area contributed by atoms with Crippen molar-refractivity contribution in [2.75, 3.05) is 30.3 Å². The first-order valence-electron chi connectivity index (χ1n) is 13.4. The van der Waals surface area contributed by atoms with E-state index in [4.69, 9.17) is 16.3 Å². The Hall–Kier alpha value is -2.31. The van der Waals surface area contributed by atoms with Crippen LogP contribution in [0, 0.1) is 6.92 Å². The van der Waals surface area contributed by atoms with E-state index in [0.29, 0.717) is 50.1 Å². The fourth-order valence-corrected chi connectivity index (χ4v) is 6.05. The number of anilines is 2. The Morgan fingerprint density at radius 2 is 1.51 bits per heavy atom. The second-order valence-electron chi connectivity index (χ2n) is 10.4. The lowest BCUT2D eigenvalue weighted by atomic mass is 9.92. The number of nitrogens with zero attached hydrogens (tertiary/aromatic N) is 1. The average Bonchev–Trinajstić information content (AvgIpc) is 2.90. The fraction of sp³-hybridized carbons (Fsp3) is 0.536. The van der Waals surface area contributed by atoms with E-state index in [9.17, 15) is 31.1 Å². The van der Waals surface area contributed by atoms with Crippen LogP contribution in [0.1, 0.15) is 49.7 Å². The molecule has 4 rings (SSSR count). The smallest absolute Gasteiger partial charge is 0.382 e. The SMILES string of the molecule is Cc1ccc(NC2CCC(OCC(=O)N3CCC(Nc4ccc(SC(F)(F)F)c(Cl)c4)CC3)CC2)cc1C(F)(F)F. The number of rotatable bonds is 8. The highest BCUT2D eigenvalue weighted by atomic mass is 35.5. The number of ether oxygens (including phenoxy) is 1. The normalized spacial score (nSPS) is 20.6. The largest absolute Gasteiger partial charge is 0.446 e. The first kappa shape index (κ1) is 31.6. The van der Waals surface area contributed by atoms with Gasteiger partial charge in [0.25, 0.3) is 0 Å². The number of thioether (sulfide) groups is 1. The summed E-state index contributed by atoms with van der Waals surface area (Å²) in [7, 11) is 0. The van der Waals surface area contributed by atoms with Gasteiger partial charge in [0.05, 0.1) is 16.7 Å². The minimum atomic E-state index is -4.41. The second-order valence-corrected chi connectivity index (χ2v) is 12.0. The summed E-state index contributed by atoms with van der Waals surface area (Å²) in [6.45, 7) is 2.48. The molecule has 1 aliphatic heterocycles. The molecule has 1 amide bonds. The van der Waals surface area contributed by atoms with Crippen molar-refractivity contribution in [2.45, 2.75) is 80.2 Å². The van der Waals surface area contributed by atoms with Crippen LogP contribution >= 0.6 is 23.4 Å². The number of alkyl halides is 6. The molecule has 1 saturated carbocycles. The average molecular weight is 624 g/mol. The lowest BCUT2D eigenvalue weighted by Gasteiger charge is -2.34. The van der Waals surface area contributed by atoms with Crippen molar-refractivity contribution in [2.24, 2.45) is 0 Å². The molecule has 0 spiro atoms. The summed E-state index contributed by atoms with van der Waals surface area (Å²) in [6.07, 6.45) is -0.259. The van der Waals surface area contributed by atoms with Crippen LogP contribution in [0.4, 0.5) is 37.7 Å². The standard InChI is InChI=1S/C28H32ClF6N3O2S/c1-17-2-3-20(14-23(17)27(30,31)32)36-18-4-7-22(8-5-18)40-16-26(39)38-12-10-19(11-13-38)37-21-6-9-25(24(29)15-21)41-28(33,34)35/h2-3,6,9,14-15,18-19,22,36-37H,4-5,7-8,10-13,16H2,1H3. The molecule has 2 fully saturated rings. The Balaban J connectivity index is 1.15. The van der Waals surface area contributed by atoms with E-state index in [0.717, 1.165) is 18.9 Å². The highest BCUT2D eigenvalue weighted by Crippen LogP contribution is 2.41. The van der Waals surface area contributed by atoms with Gasteiger partial charge in [0, 0.05) is 41.4 Å². The van der Waals surface area contributed by atoms with E-state index < -0.39 is 17.2 Å². The Morgan fingerprint density at radius 1 is 0.927 bits per heavy atom. The molecule has 13 heteroatoms. The van der Waals surface area contributed by atoms with Gasteiger partial charge < -0.3 is 20.3 Å². The molecule has 41 heavy (non-hydrogen) atoms. The molecule has 2 aromatic carbocycles. The number of carbonyl (C=O) groups is 1. The third kappa shape index (κ3) is 9.34. The second kappa shape index (κ2) is 13.3. The fourth-order valence-electron chi connectivity index (χ4n) is 5.21. The number of benzene rings is 2. The lowest BCUT2D eigenvalue weighted by Crippen LogP contribution is -2.44. The van der Waals surface area contributed by atoms with Crippen molar-refractivity contribution in [3.8, 4) is 0 Å². The molecule has 1 aliphatic carbocycles. The number of hydrogen-bond acceptors (Lipinski definition) is 5. The number of carbonyl (C=O) groups excluding carboxylic acids is 1. The third-order valence-electron chi connectivity index (χ3n) is 7.41. The Labute approximate surface area is 244 Å². The lowest BCUT2D eigenvalue weighted by molar-refractivity contribution is -0.140. The van der Waals surface area contributed by atoms with Crippen LogP contribution in [-0.4, -0.2) is 54.2 Å². The van der Waals surface area contributed by atoms with Crippen molar-refractivity contribution in [3.05, 3.63) is 52.5 Å². The van der Waals surface area contributed by atoms with Gasteiger partial charge in [0.15, 0.2) is 0 Å². The molecule has 1 heterocycles. The van der Waals surface area contributed by atoms with Crippen LogP contribution in [-0.2, 0) is 15.7 Å². The van der Waals surface area contributed by atoms with Crippen molar-refractivity contribution in [3.63, 3.8) is 0 Å². The molecule has 2 N–H and O–H groups in total. The minimum absolute atomic E-state index is 0.0256. The maximum atomic E-state index is 13.2. The molecular formula is C28H32ClF6N3O2S. The van der Waals surface area contributed by atoms with E-state index in [1.807, 2.05) is 0 Å². The summed E-state index contributed by atoms with van der Waals surface area (Å²) in [4.78, 5) is 14.4. The van der Waals surface area contributed by atoms with Gasteiger partial charge in [-0.25, -0.2) is 0 Å². The Kier molecular flexibility index (Phi) is 10.3. The molecular weight excluding hydrogens is 592 g/mol. The zero-order chi connectivity index (χ0) is 29.8. The first-order valence-corrected chi connectivity index (χ1v) is 14.6. The third-order valence-corrected chi connectivity index (χ3v) is 8.64. The van der Waals surface area contributed by atoms with Gasteiger partial charge in [-0.2, -0.15) is 26.3 Å². The maximum absolute atomic E-state index is 13.2. The number of hydrogen-bond donors (Lipinski definition) is 2. The number of piperidine rings is 1. The molecule has 0 radical (unpaired) electrons. The van der Waals surface area contributed by atoms with E-state index in [1.165, 1.54) is 25.1 Å². The van der Waals surface area contributed by atoms with E-state index in [1.54, 1.807) is 17.0 Å². The van der Waals surface area contributed by atoms with Gasteiger partial charge in [0.2, 0.25) is 5.91 Å². The molecule has 0 bridgehead atoms. The summed E-state index contributed by atoms with van der Waals surface area (Å²) in [5, 5.41) is 6.51. The molecule has 2 aromatic rings. The minimum Gasteiger partial charge on any atom is -0.382 e. The molecule has 2 aliphatic rings. The number of amides is 1. The first-order chi connectivity index (χ1) is 19.3. The van der Waals surface area contributed by atoms with E-state index in [2.05, 4.69) is 10.6 Å². The Morgan fingerprint density at radius 3 is 2.10 bits per heavy atom. The van der Waals surface area contributed by atoms with Crippen molar-refractivity contribution in [1.82, 2.24) is 4.90 Å². The Bertz CT molecular complexity index is 1200. The highest BCUT2D eigenvalue weighted by Gasteiger charge is 2.33. The van der Waals surface area contributed by atoms with Crippen LogP contribution in [0.5, 0.6) is 0 Å². The molecule has 0 unspecified atom stereocenters. The number of aryl methyl sites for hydroxylation is 1.